The third-order valence-corrected chi connectivity index (χ3v) is 7.30. The fraction of sp³-hybridized carbons (Fsp3) is 0.810. The Morgan fingerprint density at radius 1 is 1.30 bits per heavy atom. The molecule has 0 amide bonds. The number of fused-ring (bicyclic) bond motifs is 3. The zero-order valence-electron chi connectivity index (χ0n) is 16.9. The van der Waals surface area contributed by atoms with Crippen LogP contribution in [-0.4, -0.2) is 52.0 Å². The third kappa shape index (κ3) is 2.97. The minimum Gasteiger partial charge on any atom is -0.457 e. The van der Waals surface area contributed by atoms with E-state index in [2.05, 4.69) is 6.58 Å². The van der Waals surface area contributed by atoms with Crippen LogP contribution in [0.2, 0.25) is 0 Å². The number of ketones is 1. The zero-order chi connectivity index (χ0) is 20.4. The highest BCUT2D eigenvalue weighted by atomic mass is 16.6. The minimum absolute atomic E-state index is 0.0399. The van der Waals surface area contributed by atoms with Crippen LogP contribution in [0.3, 0.4) is 0 Å². The van der Waals surface area contributed by atoms with Gasteiger partial charge in [-0.05, 0) is 25.2 Å². The molecular formula is C21H32O6. The monoisotopic (exact) mass is 380 g/mol. The minimum atomic E-state index is -1.04. The summed E-state index contributed by atoms with van der Waals surface area (Å²) in [5, 5.41) is 22.3. The van der Waals surface area contributed by atoms with Crippen LogP contribution in [0.1, 0.15) is 53.9 Å². The maximum absolute atomic E-state index is 13.3. The maximum atomic E-state index is 13.3. The van der Waals surface area contributed by atoms with E-state index < -0.39 is 53.2 Å². The molecule has 3 aliphatic rings. The summed E-state index contributed by atoms with van der Waals surface area (Å²) in [6, 6.07) is 0. The Labute approximate surface area is 160 Å². The molecule has 0 aromatic heterocycles. The van der Waals surface area contributed by atoms with E-state index in [4.69, 9.17) is 9.47 Å². The average molecular weight is 380 g/mol. The number of hydrogen-bond donors (Lipinski definition) is 2. The topological polar surface area (TPSA) is 93.1 Å². The fourth-order valence-corrected chi connectivity index (χ4v) is 6.11. The van der Waals surface area contributed by atoms with Crippen molar-refractivity contribution in [2.75, 3.05) is 0 Å². The summed E-state index contributed by atoms with van der Waals surface area (Å²) in [4.78, 5) is 25.1. The SMILES string of the molecule is C=C[C@@]1(C)CC(=O)[C@H]2[C@H](O1)C(OC(C)=O)C(O)[C@H]1C(C)(C)CC[C@H](O)C21C. The average Bonchev–Trinajstić information content (AvgIpc) is 2.54. The first-order valence-corrected chi connectivity index (χ1v) is 9.75. The standard InChI is InChI=1S/C21H32O6/c1-7-20(5)10-12(23)14-16(27-20)17(26-11(2)22)15(25)18-19(3,4)9-8-13(24)21(14,18)6/h7,13-18,24-25H,1,8-10H2,2-6H3/t13-,14-,15?,16-,17?,18-,20-,21?/m0/s1. The molecule has 3 unspecified atom stereocenters. The molecule has 1 heterocycles. The van der Waals surface area contributed by atoms with Crippen LogP contribution in [0.25, 0.3) is 0 Å². The van der Waals surface area contributed by atoms with E-state index in [1.807, 2.05) is 20.8 Å². The number of Topliss-reactive ketones (excluding diaryl/α,β-unsaturated/α-hetero) is 1. The fourth-order valence-electron chi connectivity index (χ4n) is 6.11. The first-order chi connectivity index (χ1) is 12.4. The lowest BCUT2D eigenvalue weighted by atomic mass is 9.44. The molecule has 27 heavy (non-hydrogen) atoms. The maximum Gasteiger partial charge on any atom is 0.303 e. The van der Waals surface area contributed by atoms with Gasteiger partial charge in [0, 0.05) is 24.7 Å². The van der Waals surface area contributed by atoms with Crippen molar-refractivity contribution in [2.24, 2.45) is 22.7 Å². The molecule has 2 aliphatic carbocycles. The molecule has 0 spiro atoms. The molecule has 8 atom stereocenters. The van der Waals surface area contributed by atoms with Gasteiger partial charge < -0.3 is 19.7 Å². The number of ether oxygens (including phenoxy) is 2. The Balaban J connectivity index is 2.16. The quantitative estimate of drug-likeness (QED) is 0.562. The van der Waals surface area contributed by atoms with Gasteiger partial charge in [-0.25, -0.2) is 0 Å². The first-order valence-electron chi connectivity index (χ1n) is 9.75. The van der Waals surface area contributed by atoms with Gasteiger partial charge in [-0.3, -0.25) is 9.59 Å². The summed E-state index contributed by atoms with van der Waals surface area (Å²) in [6.07, 6.45) is -0.558. The molecule has 0 radical (unpaired) electrons. The highest BCUT2D eigenvalue weighted by Crippen LogP contribution is 2.62. The van der Waals surface area contributed by atoms with E-state index in [-0.39, 0.29) is 17.6 Å². The van der Waals surface area contributed by atoms with Crippen molar-refractivity contribution in [3.05, 3.63) is 12.7 Å². The summed E-state index contributed by atoms with van der Waals surface area (Å²) in [6.45, 7) is 12.8. The van der Waals surface area contributed by atoms with E-state index in [1.54, 1.807) is 13.0 Å². The van der Waals surface area contributed by atoms with Gasteiger partial charge in [0.05, 0.1) is 23.7 Å². The highest BCUT2D eigenvalue weighted by molar-refractivity contribution is 5.85. The van der Waals surface area contributed by atoms with E-state index >= 15 is 0 Å². The third-order valence-electron chi connectivity index (χ3n) is 7.30. The lowest BCUT2D eigenvalue weighted by Gasteiger charge is -2.64. The van der Waals surface area contributed by atoms with Gasteiger partial charge in [0.2, 0.25) is 0 Å². The van der Waals surface area contributed by atoms with Crippen molar-refractivity contribution >= 4 is 11.8 Å². The van der Waals surface area contributed by atoms with E-state index in [9.17, 15) is 19.8 Å². The number of carbonyl (C=O) groups is 2. The summed E-state index contributed by atoms with van der Waals surface area (Å²) in [7, 11) is 0. The molecule has 0 bridgehead atoms. The largest absolute Gasteiger partial charge is 0.457 e. The van der Waals surface area contributed by atoms with Crippen molar-refractivity contribution < 1.29 is 29.3 Å². The molecular weight excluding hydrogens is 348 g/mol. The molecule has 152 valence electrons. The van der Waals surface area contributed by atoms with Crippen molar-refractivity contribution in [3.63, 3.8) is 0 Å². The molecule has 1 aliphatic heterocycles. The zero-order valence-corrected chi connectivity index (χ0v) is 16.9. The molecule has 6 nitrogen and oxygen atoms in total. The lowest BCUT2D eigenvalue weighted by molar-refractivity contribution is -0.286. The summed E-state index contributed by atoms with van der Waals surface area (Å²) < 4.78 is 11.7. The molecule has 1 saturated heterocycles. The van der Waals surface area contributed by atoms with E-state index in [0.29, 0.717) is 6.42 Å². The first kappa shape index (κ1) is 20.5. The van der Waals surface area contributed by atoms with Crippen molar-refractivity contribution in [1.82, 2.24) is 0 Å². The number of rotatable bonds is 2. The van der Waals surface area contributed by atoms with Gasteiger partial charge in [0.25, 0.3) is 0 Å². The van der Waals surface area contributed by atoms with Gasteiger partial charge in [-0.2, -0.15) is 0 Å². The molecule has 0 aromatic rings. The number of aliphatic hydroxyl groups is 2. The van der Waals surface area contributed by atoms with Crippen LogP contribution in [0, 0.1) is 22.7 Å². The number of aliphatic hydroxyl groups excluding tert-OH is 2. The Morgan fingerprint density at radius 2 is 1.93 bits per heavy atom. The molecule has 6 heteroatoms. The van der Waals surface area contributed by atoms with Gasteiger partial charge in [0.15, 0.2) is 6.10 Å². The second-order valence-corrected chi connectivity index (χ2v) is 9.67. The number of hydrogen-bond acceptors (Lipinski definition) is 6. The smallest absolute Gasteiger partial charge is 0.303 e. The second kappa shape index (κ2) is 6.39. The lowest BCUT2D eigenvalue weighted by Crippen LogP contribution is -2.73. The van der Waals surface area contributed by atoms with Crippen molar-refractivity contribution in [2.45, 2.75) is 83.9 Å². The van der Waals surface area contributed by atoms with Crippen LogP contribution < -0.4 is 0 Å². The summed E-state index contributed by atoms with van der Waals surface area (Å²) in [5.74, 6) is -1.63. The van der Waals surface area contributed by atoms with E-state index in [1.165, 1.54) is 6.92 Å². The Bertz CT molecular complexity index is 657. The molecule has 0 aromatic carbocycles. The predicted octanol–water partition coefficient (Wildman–Crippen LogP) is 2.01. The normalized spacial score (nSPS) is 48.9. The molecule has 3 fully saturated rings. The summed E-state index contributed by atoms with van der Waals surface area (Å²) in [5.41, 5.74) is -2.08. The van der Waals surface area contributed by atoms with Crippen LogP contribution in [0.15, 0.2) is 12.7 Å². The van der Waals surface area contributed by atoms with Gasteiger partial charge in [-0.15, -0.1) is 6.58 Å². The molecule has 2 N–H and O–H groups in total. The van der Waals surface area contributed by atoms with Gasteiger partial charge >= 0.3 is 5.97 Å². The van der Waals surface area contributed by atoms with Gasteiger partial charge in [0.1, 0.15) is 11.9 Å². The Kier molecular flexibility index (Phi) is 4.85. The molecule has 3 rings (SSSR count). The second-order valence-electron chi connectivity index (χ2n) is 9.67. The van der Waals surface area contributed by atoms with Crippen LogP contribution in [0.4, 0.5) is 0 Å². The summed E-state index contributed by atoms with van der Waals surface area (Å²) >= 11 is 0. The van der Waals surface area contributed by atoms with E-state index in [0.717, 1.165) is 6.42 Å². The molecule has 2 saturated carbocycles. The van der Waals surface area contributed by atoms with Crippen LogP contribution >= 0.6 is 0 Å². The Hall–Kier alpha value is -1.24. The predicted molar refractivity (Wildman–Crippen MR) is 98.8 cm³/mol. The van der Waals surface area contributed by atoms with Crippen LogP contribution in [-0.2, 0) is 19.1 Å². The van der Waals surface area contributed by atoms with Gasteiger partial charge in [-0.1, -0.05) is 26.8 Å². The van der Waals surface area contributed by atoms with Crippen LogP contribution in [0.5, 0.6) is 0 Å². The van der Waals surface area contributed by atoms with Crippen molar-refractivity contribution in [3.8, 4) is 0 Å². The number of esters is 1. The highest BCUT2D eigenvalue weighted by Gasteiger charge is 2.69. The van der Waals surface area contributed by atoms with Crippen molar-refractivity contribution in [1.29, 1.82) is 0 Å². The Morgan fingerprint density at radius 3 is 2.48 bits per heavy atom. The number of carbonyl (C=O) groups excluding carboxylic acids is 2.